The highest BCUT2D eigenvalue weighted by atomic mass is 35.5. The first kappa shape index (κ1) is 16.6. The van der Waals surface area contributed by atoms with E-state index in [-0.39, 0.29) is 17.9 Å². The lowest BCUT2D eigenvalue weighted by Crippen LogP contribution is -2.21. The molecule has 2 rings (SSSR count). The van der Waals surface area contributed by atoms with E-state index in [0.717, 1.165) is 5.69 Å². The van der Waals surface area contributed by atoms with Crippen LogP contribution in [-0.4, -0.2) is 17.6 Å². The highest BCUT2D eigenvalue weighted by Gasteiger charge is 2.19. The number of hydrogen-bond donors (Lipinski definition) is 2. The first-order valence-corrected chi connectivity index (χ1v) is 7.47. The Morgan fingerprint density at radius 1 is 1.27 bits per heavy atom. The van der Waals surface area contributed by atoms with Crippen molar-refractivity contribution in [3.05, 3.63) is 40.0 Å². The molecule has 1 amide bonds. The Morgan fingerprint density at radius 3 is 2.64 bits per heavy atom. The number of anilines is 2. The average molecular weight is 342 g/mol. The van der Waals surface area contributed by atoms with Crippen LogP contribution in [0.5, 0.6) is 0 Å². The standard InChI is InChI=1S/C15H17Cl2N3O2/c1-15(2,3)12-7-14(22-20-12)19-13(21)8-18-11-6-9(16)4-5-10(11)17/h4-7,18H,8H2,1-3H3,(H,19,21). The maximum Gasteiger partial charge on any atom is 0.246 e. The zero-order chi connectivity index (χ0) is 16.3. The number of carbonyl (C=O) groups is 1. The van der Waals surface area contributed by atoms with Crippen LogP contribution in [0.25, 0.3) is 0 Å². The van der Waals surface area contributed by atoms with Crippen molar-refractivity contribution in [1.29, 1.82) is 0 Å². The van der Waals surface area contributed by atoms with E-state index in [1.54, 1.807) is 24.3 Å². The van der Waals surface area contributed by atoms with Gasteiger partial charge in [0, 0.05) is 16.5 Å². The molecule has 1 heterocycles. The lowest BCUT2D eigenvalue weighted by molar-refractivity contribution is -0.114. The van der Waals surface area contributed by atoms with Gasteiger partial charge in [-0.3, -0.25) is 10.1 Å². The van der Waals surface area contributed by atoms with Gasteiger partial charge in [0.15, 0.2) is 0 Å². The Kier molecular flexibility index (Phi) is 4.98. The summed E-state index contributed by atoms with van der Waals surface area (Å²) in [6.07, 6.45) is 0. The van der Waals surface area contributed by atoms with Gasteiger partial charge in [-0.15, -0.1) is 0 Å². The van der Waals surface area contributed by atoms with E-state index in [0.29, 0.717) is 21.6 Å². The van der Waals surface area contributed by atoms with Gasteiger partial charge in [-0.25, -0.2) is 0 Å². The van der Waals surface area contributed by atoms with Crippen molar-refractivity contribution >= 4 is 40.7 Å². The van der Waals surface area contributed by atoms with Crippen molar-refractivity contribution in [3.63, 3.8) is 0 Å². The number of nitrogens with one attached hydrogen (secondary N) is 2. The van der Waals surface area contributed by atoms with Crippen molar-refractivity contribution in [2.24, 2.45) is 0 Å². The molecule has 0 aliphatic rings. The van der Waals surface area contributed by atoms with Gasteiger partial charge in [-0.2, -0.15) is 0 Å². The van der Waals surface area contributed by atoms with E-state index in [1.807, 2.05) is 20.8 Å². The number of carbonyl (C=O) groups excluding carboxylic acids is 1. The summed E-state index contributed by atoms with van der Waals surface area (Å²) in [5.41, 5.74) is 1.23. The second-order valence-electron chi connectivity index (χ2n) is 5.85. The fourth-order valence-electron chi connectivity index (χ4n) is 1.68. The Labute approximate surface area is 139 Å². The van der Waals surface area contributed by atoms with Crippen LogP contribution in [0.15, 0.2) is 28.8 Å². The van der Waals surface area contributed by atoms with Crippen LogP contribution >= 0.6 is 23.2 Å². The molecule has 2 N–H and O–H groups in total. The number of amides is 1. The molecule has 0 atom stereocenters. The molecule has 118 valence electrons. The minimum absolute atomic E-state index is 0.0333. The summed E-state index contributed by atoms with van der Waals surface area (Å²) < 4.78 is 5.10. The van der Waals surface area contributed by atoms with Gasteiger partial charge in [0.25, 0.3) is 0 Å². The topological polar surface area (TPSA) is 67.2 Å². The molecule has 0 fully saturated rings. The highest BCUT2D eigenvalue weighted by molar-refractivity contribution is 6.35. The molecular formula is C15H17Cl2N3O2. The molecule has 0 radical (unpaired) electrons. The third kappa shape index (κ3) is 4.39. The molecule has 5 nitrogen and oxygen atoms in total. The predicted molar refractivity (Wildman–Crippen MR) is 88.8 cm³/mol. The molecule has 7 heteroatoms. The molecule has 0 saturated carbocycles. The fraction of sp³-hybridized carbons (Fsp3) is 0.333. The Hall–Kier alpha value is -1.72. The molecular weight excluding hydrogens is 325 g/mol. The van der Waals surface area contributed by atoms with Crippen LogP contribution < -0.4 is 10.6 Å². The second kappa shape index (κ2) is 6.58. The second-order valence-corrected chi connectivity index (χ2v) is 6.70. The minimum Gasteiger partial charge on any atom is -0.375 e. The summed E-state index contributed by atoms with van der Waals surface area (Å²) in [6, 6.07) is 6.71. The lowest BCUT2D eigenvalue weighted by atomic mass is 9.92. The zero-order valence-corrected chi connectivity index (χ0v) is 14.0. The third-order valence-electron chi connectivity index (χ3n) is 2.91. The quantitative estimate of drug-likeness (QED) is 0.868. The van der Waals surface area contributed by atoms with Crippen molar-refractivity contribution in [2.45, 2.75) is 26.2 Å². The molecule has 0 bridgehead atoms. The molecule has 0 spiro atoms. The van der Waals surface area contributed by atoms with Crippen molar-refractivity contribution in [2.75, 3.05) is 17.2 Å². The SMILES string of the molecule is CC(C)(C)c1cc(NC(=O)CNc2cc(Cl)ccc2Cl)on1. The van der Waals surface area contributed by atoms with Crippen LogP contribution in [-0.2, 0) is 10.2 Å². The Bertz CT molecular complexity index is 678. The fourth-order valence-corrected chi connectivity index (χ4v) is 2.03. The maximum absolute atomic E-state index is 11.9. The molecule has 0 aliphatic carbocycles. The molecule has 22 heavy (non-hydrogen) atoms. The summed E-state index contributed by atoms with van der Waals surface area (Å²) >= 11 is 11.9. The summed E-state index contributed by atoms with van der Waals surface area (Å²) in [5.74, 6) is 0.0431. The number of benzene rings is 1. The van der Waals surface area contributed by atoms with Crippen molar-refractivity contribution < 1.29 is 9.32 Å². The van der Waals surface area contributed by atoms with Crippen molar-refractivity contribution in [1.82, 2.24) is 5.16 Å². The van der Waals surface area contributed by atoms with Gasteiger partial charge in [0.2, 0.25) is 11.8 Å². The molecule has 0 saturated heterocycles. The normalized spacial score (nSPS) is 11.3. The monoisotopic (exact) mass is 341 g/mol. The first-order valence-electron chi connectivity index (χ1n) is 6.71. The van der Waals surface area contributed by atoms with E-state index < -0.39 is 0 Å². The smallest absolute Gasteiger partial charge is 0.246 e. The Morgan fingerprint density at radius 2 is 2.00 bits per heavy atom. The van der Waals surface area contributed by atoms with E-state index >= 15 is 0 Å². The lowest BCUT2D eigenvalue weighted by Gasteiger charge is -2.12. The number of rotatable bonds is 4. The molecule has 1 aromatic carbocycles. The number of hydrogen-bond acceptors (Lipinski definition) is 4. The van der Waals surface area contributed by atoms with E-state index in [2.05, 4.69) is 15.8 Å². The van der Waals surface area contributed by atoms with Crippen LogP contribution in [0, 0.1) is 0 Å². The van der Waals surface area contributed by atoms with Gasteiger partial charge >= 0.3 is 0 Å². The predicted octanol–water partition coefficient (Wildman–Crippen LogP) is 4.33. The summed E-state index contributed by atoms with van der Waals surface area (Å²) in [7, 11) is 0. The van der Waals surface area contributed by atoms with Gasteiger partial charge in [-0.05, 0) is 18.2 Å². The number of nitrogens with zero attached hydrogens (tertiary/aromatic N) is 1. The van der Waals surface area contributed by atoms with Crippen molar-refractivity contribution in [3.8, 4) is 0 Å². The number of aromatic nitrogens is 1. The van der Waals surface area contributed by atoms with Crippen LogP contribution in [0.3, 0.4) is 0 Å². The van der Waals surface area contributed by atoms with E-state index in [4.69, 9.17) is 27.7 Å². The first-order chi connectivity index (χ1) is 10.3. The summed E-state index contributed by atoms with van der Waals surface area (Å²) in [5, 5.41) is 10.5. The van der Waals surface area contributed by atoms with Gasteiger partial charge in [0.1, 0.15) is 0 Å². The molecule has 0 aliphatic heterocycles. The van der Waals surface area contributed by atoms with E-state index in [9.17, 15) is 4.79 Å². The van der Waals surface area contributed by atoms with E-state index in [1.165, 1.54) is 0 Å². The van der Waals surface area contributed by atoms with Crippen LogP contribution in [0.1, 0.15) is 26.5 Å². The van der Waals surface area contributed by atoms with Gasteiger partial charge < -0.3 is 9.84 Å². The van der Waals surface area contributed by atoms with Gasteiger partial charge in [-0.1, -0.05) is 49.1 Å². The van der Waals surface area contributed by atoms with Crippen LogP contribution in [0.2, 0.25) is 10.0 Å². The largest absolute Gasteiger partial charge is 0.375 e. The highest BCUT2D eigenvalue weighted by Crippen LogP contribution is 2.25. The average Bonchev–Trinajstić information content (AvgIpc) is 2.88. The summed E-state index contributed by atoms with van der Waals surface area (Å²) in [6.45, 7) is 6.07. The zero-order valence-electron chi connectivity index (χ0n) is 12.5. The Balaban J connectivity index is 1.93. The van der Waals surface area contributed by atoms with Crippen LogP contribution in [0.4, 0.5) is 11.6 Å². The number of halogens is 2. The minimum atomic E-state index is -0.271. The molecule has 1 aromatic heterocycles. The van der Waals surface area contributed by atoms with Gasteiger partial charge in [0.05, 0.1) is 22.9 Å². The molecule has 2 aromatic rings. The maximum atomic E-state index is 11.9. The third-order valence-corrected chi connectivity index (χ3v) is 3.47. The molecule has 0 unspecified atom stereocenters. The summed E-state index contributed by atoms with van der Waals surface area (Å²) in [4.78, 5) is 11.9.